The smallest absolute Gasteiger partial charge is 0.418 e. The molecule has 3 amide bonds. The third-order valence-corrected chi connectivity index (χ3v) is 4.01. The van der Waals surface area contributed by atoms with E-state index in [1.807, 2.05) is 10.9 Å². The molecule has 4 N–H and O–H groups in total. The first kappa shape index (κ1) is 21.5. The Morgan fingerprint density at radius 3 is 2.45 bits per heavy atom. The molecule has 3 aromatic rings. The summed E-state index contributed by atoms with van der Waals surface area (Å²) in [6.07, 6.45) is -3.81. The van der Waals surface area contributed by atoms with Crippen molar-refractivity contribution >= 4 is 17.6 Å². The largest absolute Gasteiger partial charge is 0.504 e. The number of urea groups is 1. The van der Waals surface area contributed by atoms with Gasteiger partial charge in [0.15, 0.2) is 11.4 Å². The molecule has 1 heterocycles. The van der Waals surface area contributed by atoms with E-state index >= 15 is 0 Å². The maximum absolute atomic E-state index is 13.2. The van der Waals surface area contributed by atoms with Crippen molar-refractivity contribution in [2.24, 2.45) is 0 Å². The van der Waals surface area contributed by atoms with E-state index in [-0.39, 0.29) is 5.69 Å². The topological polar surface area (TPSA) is 118 Å². The monoisotopic (exact) mass is 435 g/mol. The molecule has 0 aliphatic rings. The summed E-state index contributed by atoms with van der Waals surface area (Å²) in [5, 5.41) is 16.1. The van der Waals surface area contributed by atoms with Crippen LogP contribution in [0.3, 0.4) is 0 Å². The summed E-state index contributed by atoms with van der Waals surface area (Å²) in [5.74, 6) is -1.35. The Bertz CT molecular complexity index is 1110. The number of carbonyl (C=O) groups is 2. The highest BCUT2D eigenvalue weighted by molar-refractivity contribution is 5.97. The molecule has 3 rings (SSSR count). The number of anilines is 1. The zero-order valence-electron chi connectivity index (χ0n) is 15.9. The highest BCUT2D eigenvalue weighted by atomic mass is 19.4. The molecule has 162 valence electrons. The first-order valence-corrected chi connectivity index (χ1v) is 8.66. The highest BCUT2D eigenvalue weighted by Gasteiger charge is 2.34. The number of nitrogens with zero attached hydrogens (tertiary/aromatic N) is 2. The number of carbonyl (C=O) groups excluding carboxylic acids is 2. The van der Waals surface area contributed by atoms with Gasteiger partial charge < -0.3 is 15.2 Å². The molecule has 0 fully saturated rings. The second-order valence-electron chi connectivity index (χ2n) is 6.06. The summed E-state index contributed by atoms with van der Waals surface area (Å²) >= 11 is 0. The van der Waals surface area contributed by atoms with Crippen LogP contribution in [0.4, 0.5) is 23.7 Å². The Morgan fingerprint density at radius 1 is 1.06 bits per heavy atom. The lowest BCUT2D eigenvalue weighted by molar-refractivity contribution is -0.137. The van der Waals surface area contributed by atoms with Crippen molar-refractivity contribution in [3.63, 3.8) is 0 Å². The number of aromatic nitrogens is 2. The maximum Gasteiger partial charge on any atom is 0.418 e. The van der Waals surface area contributed by atoms with E-state index in [0.29, 0.717) is 11.4 Å². The fraction of sp³-hybridized carbons (Fsp3) is 0.105. The predicted octanol–water partition coefficient (Wildman–Crippen LogP) is 3.07. The van der Waals surface area contributed by atoms with Crippen LogP contribution in [0.25, 0.3) is 5.69 Å². The lowest BCUT2D eigenvalue weighted by atomic mass is 10.2. The van der Waals surface area contributed by atoms with E-state index < -0.39 is 35.1 Å². The van der Waals surface area contributed by atoms with Gasteiger partial charge in [-0.2, -0.15) is 18.3 Å². The molecule has 0 saturated heterocycles. The number of halogens is 3. The van der Waals surface area contributed by atoms with Crippen LogP contribution < -0.4 is 20.9 Å². The van der Waals surface area contributed by atoms with Crippen LogP contribution >= 0.6 is 0 Å². The average Bonchev–Trinajstić information content (AvgIpc) is 3.13. The van der Waals surface area contributed by atoms with Gasteiger partial charge in [-0.05, 0) is 24.3 Å². The summed E-state index contributed by atoms with van der Waals surface area (Å²) in [4.78, 5) is 24.2. The van der Waals surface area contributed by atoms with E-state index in [2.05, 4.69) is 10.4 Å². The zero-order chi connectivity index (χ0) is 22.6. The molecular weight excluding hydrogens is 419 g/mol. The van der Waals surface area contributed by atoms with E-state index in [1.54, 1.807) is 24.3 Å². The Morgan fingerprint density at radius 2 is 1.74 bits per heavy atom. The quantitative estimate of drug-likeness (QED) is 0.470. The van der Waals surface area contributed by atoms with Gasteiger partial charge >= 0.3 is 12.2 Å². The van der Waals surface area contributed by atoms with E-state index in [0.717, 1.165) is 23.0 Å². The Labute approximate surface area is 173 Å². The standard InChI is InChI=1S/C19H16F3N5O4/c1-31-15-9-5-3-7-12(15)23-18(30)25-24-17(29)16-14(28)10-27(26-16)13-8-4-2-6-11(13)19(20,21)22/h2-10,28H,1H3,(H,24,29)(H2,23,25,30). The molecule has 31 heavy (non-hydrogen) atoms. The van der Waals surface area contributed by atoms with E-state index in [9.17, 15) is 27.9 Å². The second-order valence-corrected chi connectivity index (χ2v) is 6.06. The van der Waals surface area contributed by atoms with Gasteiger partial charge in [-0.25, -0.2) is 14.9 Å². The molecule has 1 aromatic heterocycles. The normalized spacial score (nSPS) is 11.0. The summed E-state index contributed by atoms with van der Waals surface area (Å²) < 4.78 is 45.4. The summed E-state index contributed by atoms with van der Waals surface area (Å²) in [7, 11) is 1.41. The van der Waals surface area contributed by atoms with Gasteiger partial charge in [0.25, 0.3) is 5.91 Å². The van der Waals surface area contributed by atoms with Crippen molar-refractivity contribution in [2.45, 2.75) is 6.18 Å². The molecule has 12 heteroatoms. The van der Waals surface area contributed by atoms with Crippen LogP contribution in [0.1, 0.15) is 16.1 Å². The number of methoxy groups -OCH3 is 1. The minimum atomic E-state index is -4.67. The van der Waals surface area contributed by atoms with Crippen LogP contribution in [-0.2, 0) is 6.18 Å². The molecule has 0 aliphatic heterocycles. The fourth-order valence-corrected chi connectivity index (χ4v) is 2.64. The van der Waals surface area contributed by atoms with Crippen molar-refractivity contribution in [1.82, 2.24) is 20.6 Å². The number of nitrogens with one attached hydrogen (secondary N) is 3. The summed E-state index contributed by atoms with van der Waals surface area (Å²) in [6, 6.07) is 10.2. The number of amides is 3. The van der Waals surface area contributed by atoms with Gasteiger partial charge in [0.2, 0.25) is 0 Å². The lowest BCUT2D eigenvalue weighted by Crippen LogP contribution is -2.44. The first-order valence-electron chi connectivity index (χ1n) is 8.66. The Kier molecular flexibility index (Phi) is 6.00. The minimum Gasteiger partial charge on any atom is -0.504 e. The number of benzene rings is 2. The molecule has 0 atom stereocenters. The fourth-order valence-electron chi connectivity index (χ4n) is 2.64. The lowest BCUT2D eigenvalue weighted by Gasteiger charge is -2.12. The van der Waals surface area contributed by atoms with Gasteiger partial charge in [-0.15, -0.1) is 0 Å². The Hall–Kier alpha value is -4.22. The van der Waals surface area contributed by atoms with Gasteiger partial charge in [-0.3, -0.25) is 10.2 Å². The molecule has 0 saturated carbocycles. The number of aromatic hydroxyl groups is 1. The van der Waals surface area contributed by atoms with Gasteiger partial charge in [-0.1, -0.05) is 24.3 Å². The maximum atomic E-state index is 13.2. The van der Waals surface area contributed by atoms with Crippen molar-refractivity contribution < 1.29 is 32.6 Å². The molecule has 0 unspecified atom stereocenters. The Balaban J connectivity index is 1.71. The summed E-state index contributed by atoms with van der Waals surface area (Å²) in [6.45, 7) is 0. The number of ether oxygens (including phenoxy) is 1. The van der Waals surface area contributed by atoms with E-state index in [4.69, 9.17) is 4.74 Å². The van der Waals surface area contributed by atoms with E-state index in [1.165, 1.54) is 19.2 Å². The minimum absolute atomic E-state index is 0.327. The van der Waals surface area contributed by atoms with Crippen LogP contribution in [0.15, 0.2) is 54.7 Å². The molecule has 9 nitrogen and oxygen atoms in total. The van der Waals surface area contributed by atoms with Crippen molar-refractivity contribution in [3.8, 4) is 17.2 Å². The van der Waals surface area contributed by atoms with Crippen molar-refractivity contribution in [3.05, 3.63) is 66.0 Å². The molecule has 0 spiro atoms. The number of para-hydroxylation sites is 3. The van der Waals surface area contributed by atoms with Gasteiger partial charge in [0, 0.05) is 0 Å². The van der Waals surface area contributed by atoms with Crippen LogP contribution in [-0.4, -0.2) is 33.9 Å². The number of hydrogen-bond donors (Lipinski definition) is 4. The predicted molar refractivity (Wildman–Crippen MR) is 103 cm³/mol. The number of rotatable bonds is 4. The van der Waals surface area contributed by atoms with Crippen molar-refractivity contribution in [1.29, 1.82) is 0 Å². The third kappa shape index (κ3) is 4.86. The molecule has 0 bridgehead atoms. The number of hydrogen-bond acceptors (Lipinski definition) is 5. The SMILES string of the molecule is COc1ccccc1NC(=O)NNC(=O)c1nn(-c2ccccc2C(F)(F)F)cc1O. The van der Waals surface area contributed by atoms with Gasteiger partial charge in [0.1, 0.15) is 5.75 Å². The highest BCUT2D eigenvalue weighted by Crippen LogP contribution is 2.34. The van der Waals surface area contributed by atoms with Crippen LogP contribution in [0, 0.1) is 0 Å². The molecule has 0 aliphatic carbocycles. The first-order chi connectivity index (χ1) is 14.7. The third-order valence-electron chi connectivity index (χ3n) is 4.01. The zero-order valence-corrected chi connectivity index (χ0v) is 15.9. The van der Waals surface area contributed by atoms with Crippen LogP contribution in [0.2, 0.25) is 0 Å². The molecule has 2 aromatic carbocycles. The number of alkyl halides is 3. The van der Waals surface area contributed by atoms with Gasteiger partial charge in [0.05, 0.1) is 30.2 Å². The van der Waals surface area contributed by atoms with Crippen molar-refractivity contribution in [2.75, 3.05) is 12.4 Å². The van der Waals surface area contributed by atoms with Crippen LogP contribution in [0.5, 0.6) is 11.5 Å². The number of hydrazine groups is 1. The molecule has 0 radical (unpaired) electrons. The second kappa shape index (κ2) is 8.65. The molecular formula is C19H16F3N5O4. The summed E-state index contributed by atoms with van der Waals surface area (Å²) in [5.41, 5.74) is 2.41. The average molecular weight is 435 g/mol.